The van der Waals surface area contributed by atoms with Crippen LogP contribution in [0.25, 0.3) is 0 Å². The molecule has 0 saturated heterocycles. The van der Waals surface area contributed by atoms with Crippen LogP contribution in [0.3, 0.4) is 0 Å². The smallest absolute Gasteiger partial charge is 0.236 e. The molecule has 0 aliphatic carbocycles. The first-order valence-electron chi connectivity index (χ1n) is 3.60. The van der Waals surface area contributed by atoms with Crippen molar-refractivity contribution in [3.63, 3.8) is 0 Å². The minimum Gasteiger partial charge on any atom is -0.467 e. The lowest BCUT2D eigenvalue weighted by Gasteiger charge is -1.96. The summed E-state index contributed by atoms with van der Waals surface area (Å²) in [5, 5.41) is 4.00. The van der Waals surface area contributed by atoms with E-state index in [1.807, 2.05) is 12.1 Å². The van der Waals surface area contributed by atoms with Gasteiger partial charge in [0.05, 0.1) is 12.8 Å². The summed E-state index contributed by atoms with van der Waals surface area (Å²) >= 11 is 6.77. The second-order valence-corrected chi connectivity index (χ2v) is 3.39. The molecular formula is C7H6ClN3OS. The van der Waals surface area contributed by atoms with Crippen LogP contribution in [-0.2, 0) is 6.54 Å². The Hall–Kier alpha value is -1.07. The molecule has 0 fully saturated rings. The van der Waals surface area contributed by atoms with Gasteiger partial charge >= 0.3 is 0 Å². The van der Waals surface area contributed by atoms with Crippen LogP contribution in [0.2, 0.25) is 5.28 Å². The summed E-state index contributed by atoms with van der Waals surface area (Å²) in [5.41, 5.74) is 0. The van der Waals surface area contributed by atoms with Gasteiger partial charge in [0.1, 0.15) is 5.76 Å². The summed E-state index contributed by atoms with van der Waals surface area (Å²) in [6, 6.07) is 3.72. The SMILES string of the molecule is Clc1nsc(NCc2ccco2)n1. The summed E-state index contributed by atoms with van der Waals surface area (Å²) < 4.78 is 8.94. The fourth-order valence-electron chi connectivity index (χ4n) is 0.853. The van der Waals surface area contributed by atoms with E-state index < -0.39 is 0 Å². The molecule has 0 aliphatic heterocycles. The average molecular weight is 216 g/mol. The maximum absolute atomic E-state index is 5.55. The number of furan rings is 1. The van der Waals surface area contributed by atoms with E-state index in [1.165, 1.54) is 11.5 Å². The number of hydrogen-bond donors (Lipinski definition) is 1. The molecule has 0 unspecified atom stereocenters. The highest BCUT2D eigenvalue weighted by Crippen LogP contribution is 2.15. The number of halogens is 1. The molecule has 2 rings (SSSR count). The molecule has 0 saturated carbocycles. The minimum atomic E-state index is 0.270. The van der Waals surface area contributed by atoms with Crippen molar-refractivity contribution in [1.29, 1.82) is 0 Å². The van der Waals surface area contributed by atoms with Crippen LogP contribution in [0.5, 0.6) is 0 Å². The average Bonchev–Trinajstić information content (AvgIpc) is 2.71. The zero-order valence-electron chi connectivity index (χ0n) is 6.53. The number of rotatable bonds is 3. The number of hydrogen-bond acceptors (Lipinski definition) is 5. The van der Waals surface area contributed by atoms with Crippen molar-refractivity contribution in [1.82, 2.24) is 9.36 Å². The van der Waals surface area contributed by atoms with Crippen LogP contribution in [0.15, 0.2) is 22.8 Å². The van der Waals surface area contributed by atoms with Crippen molar-refractivity contribution in [2.75, 3.05) is 5.32 Å². The topological polar surface area (TPSA) is 51.0 Å². The maximum Gasteiger partial charge on any atom is 0.236 e. The van der Waals surface area contributed by atoms with Crippen molar-refractivity contribution in [2.45, 2.75) is 6.54 Å². The van der Waals surface area contributed by atoms with E-state index in [1.54, 1.807) is 6.26 Å². The quantitative estimate of drug-likeness (QED) is 0.854. The summed E-state index contributed by atoms with van der Waals surface area (Å²) in [4.78, 5) is 3.93. The molecule has 2 aromatic heterocycles. The van der Waals surface area contributed by atoms with Gasteiger partial charge in [0.25, 0.3) is 0 Å². The van der Waals surface area contributed by atoms with Crippen molar-refractivity contribution in [3.8, 4) is 0 Å². The molecule has 0 spiro atoms. The Morgan fingerprint density at radius 3 is 3.15 bits per heavy atom. The van der Waals surface area contributed by atoms with E-state index in [9.17, 15) is 0 Å². The molecule has 6 heteroatoms. The number of nitrogens with one attached hydrogen (secondary N) is 1. The Balaban J connectivity index is 1.93. The molecule has 0 aromatic carbocycles. The second kappa shape index (κ2) is 3.76. The highest BCUT2D eigenvalue weighted by molar-refractivity contribution is 7.09. The van der Waals surface area contributed by atoms with Gasteiger partial charge in [0, 0.05) is 11.5 Å². The van der Waals surface area contributed by atoms with Gasteiger partial charge in [-0.05, 0) is 23.7 Å². The predicted octanol–water partition coefficient (Wildman–Crippen LogP) is 2.40. The molecule has 4 nitrogen and oxygen atoms in total. The lowest BCUT2D eigenvalue weighted by Crippen LogP contribution is -1.96. The highest BCUT2D eigenvalue weighted by Gasteiger charge is 2.01. The molecule has 0 atom stereocenters. The molecular weight excluding hydrogens is 210 g/mol. The molecule has 2 heterocycles. The van der Waals surface area contributed by atoms with Crippen LogP contribution >= 0.6 is 23.1 Å². The first-order chi connectivity index (χ1) is 6.34. The van der Waals surface area contributed by atoms with Gasteiger partial charge in [0.15, 0.2) is 0 Å². The minimum absolute atomic E-state index is 0.270. The van der Waals surface area contributed by atoms with E-state index >= 15 is 0 Å². The number of anilines is 1. The third kappa shape index (κ3) is 2.19. The van der Waals surface area contributed by atoms with E-state index in [0.717, 1.165) is 5.76 Å². The van der Waals surface area contributed by atoms with Crippen LogP contribution in [-0.4, -0.2) is 9.36 Å². The van der Waals surface area contributed by atoms with Gasteiger partial charge in [-0.15, -0.1) is 0 Å². The molecule has 13 heavy (non-hydrogen) atoms. The maximum atomic E-state index is 5.55. The summed E-state index contributed by atoms with van der Waals surface area (Å²) in [6.07, 6.45) is 1.63. The largest absolute Gasteiger partial charge is 0.467 e. The van der Waals surface area contributed by atoms with Crippen LogP contribution in [0, 0.1) is 0 Å². The third-order valence-electron chi connectivity index (χ3n) is 1.40. The van der Waals surface area contributed by atoms with Gasteiger partial charge in [-0.25, -0.2) is 0 Å². The molecule has 0 amide bonds. The van der Waals surface area contributed by atoms with Gasteiger partial charge in [0.2, 0.25) is 10.4 Å². The fourth-order valence-corrected chi connectivity index (χ4v) is 1.56. The predicted molar refractivity (Wildman–Crippen MR) is 51.0 cm³/mol. The molecule has 0 aliphatic rings. The van der Waals surface area contributed by atoms with E-state index in [-0.39, 0.29) is 5.28 Å². The Labute approximate surface area is 83.7 Å². The molecule has 0 bridgehead atoms. The van der Waals surface area contributed by atoms with E-state index in [0.29, 0.717) is 11.7 Å². The van der Waals surface area contributed by atoms with Gasteiger partial charge in [-0.1, -0.05) is 0 Å². The van der Waals surface area contributed by atoms with Gasteiger partial charge in [-0.3, -0.25) is 0 Å². The first kappa shape index (κ1) is 8.52. The number of aromatic nitrogens is 2. The van der Waals surface area contributed by atoms with Crippen molar-refractivity contribution >= 4 is 28.3 Å². The van der Waals surface area contributed by atoms with Crippen molar-refractivity contribution in [3.05, 3.63) is 29.4 Å². The Morgan fingerprint density at radius 1 is 1.62 bits per heavy atom. The zero-order chi connectivity index (χ0) is 9.10. The lowest BCUT2D eigenvalue weighted by atomic mass is 10.4. The molecule has 2 aromatic rings. The molecule has 0 radical (unpaired) electrons. The molecule has 68 valence electrons. The standard InChI is InChI=1S/C7H6ClN3OS/c8-6-10-7(13-11-6)9-4-5-2-1-3-12-5/h1-3H,4H2,(H,9,10,11). The highest BCUT2D eigenvalue weighted by atomic mass is 35.5. The lowest BCUT2D eigenvalue weighted by molar-refractivity contribution is 0.518. The van der Waals surface area contributed by atoms with Crippen LogP contribution in [0.4, 0.5) is 5.13 Å². The van der Waals surface area contributed by atoms with Gasteiger partial charge in [-0.2, -0.15) is 9.36 Å². The normalized spacial score (nSPS) is 10.2. The van der Waals surface area contributed by atoms with Crippen molar-refractivity contribution < 1.29 is 4.42 Å². The van der Waals surface area contributed by atoms with E-state index in [2.05, 4.69) is 14.7 Å². The van der Waals surface area contributed by atoms with Crippen LogP contribution in [0.1, 0.15) is 5.76 Å². The van der Waals surface area contributed by atoms with Crippen LogP contribution < -0.4 is 5.32 Å². The monoisotopic (exact) mass is 215 g/mol. The summed E-state index contributed by atoms with van der Waals surface area (Å²) in [5.74, 6) is 0.853. The second-order valence-electron chi connectivity index (χ2n) is 2.30. The zero-order valence-corrected chi connectivity index (χ0v) is 8.10. The van der Waals surface area contributed by atoms with Crippen molar-refractivity contribution in [2.24, 2.45) is 0 Å². The fraction of sp³-hybridized carbons (Fsp3) is 0.143. The summed E-state index contributed by atoms with van der Waals surface area (Å²) in [6.45, 7) is 0.596. The molecule has 1 N–H and O–H groups in total. The number of nitrogens with zero attached hydrogens (tertiary/aromatic N) is 2. The van der Waals surface area contributed by atoms with E-state index in [4.69, 9.17) is 16.0 Å². The summed E-state index contributed by atoms with van der Waals surface area (Å²) in [7, 11) is 0. The Morgan fingerprint density at radius 2 is 2.54 bits per heavy atom. The first-order valence-corrected chi connectivity index (χ1v) is 4.75. The Bertz CT molecular complexity index is 373. The van der Waals surface area contributed by atoms with Gasteiger partial charge < -0.3 is 9.73 Å². The Kier molecular flexibility index (Phi) is 2.47. The third-order valence-corrected chi connectivity index (χ3v) is 2.34.